The normalized spacial score (nSPS) is 16.8. The molecule has 0 aromatic heterocycles. The second kappa shape index (κ2) is 10.8. The smallest absolute Gasteiger partial charge is 0.255 e. The van der Waals surface area contributed by atoms with Crippen molar-refractivity contribution >= 4 is 23.8 Å². The van der Waals surface area contributed by atoms with Crippen molar-refractivity contribution in [2.45, 2.75) is 32.1 Å². The topological polar surface area (TPSA) is 91.0 Å². The fourth-order valence-electron chi connectivity index (χ4n) is 4.42. The zero-order valence-electron chi connectivity index (χ0n) is 19.2. The Balaban J connectivity index is 1.45. The summed E-state index contributed by atoms with van der Waals surface area (Å²) in [6.07, 6.45) is 0.486. The predicted octanol–water partition coefficient (Wildman–Crippen LogP) is 1.93. The van der Waals surface area contributed by atoms with E-state index in [4.69, 9.17) is 4.74 Å². The van der Waals surface area contributed by atoms with Gasteiger partial charge in [0.25, 0.3) is 5.91 Å². The van der Waals surface area contributed by atoms with Gasteiger partial charge in [-0.15, -0.1) is 0 Å². The number of nitrogens with one attached hydrogen (secondary N) is 2. The van der Waals surface area contributed by atoms with E-state index in [1.165, 1.54) is 29.6 Å². The first-order chi connectivity index (χ1) is 16.5. The SMILES string of the molecule is CNC(=O)C(CC=O)N1Cc2c(NCc3ccc(CN4CCOCC4)cc3)cc(F)cc2C1=O. The van der Waals surface area contributed by atoms with Gasteiger partial charge in [0.2, 0.25) is 5.91 Å². The highest BCUT2D eigenvalue weighted by atomic mass is 19.1. The van der Waals surface area contributed by atoms with Crippen LogP contribution in [0.15, 0.2) is 36.4 Å². The first-order valence-corrected chi connectivity index (χ1v) is 11.4. The van der Waals surface area contributed by atoms with Gasteiger partial charge in [0.15, 0.2) is 0 Å². The van der Waals surface area contributed by atoms with Crippen LogP contribution in [0.1, 0.15) is 33.5 Å². The maximum absolute atomic E-state index is 14.3. The molecule has 0 aliphatic carbocycles. The van der Waals surface area contributed by atoms with Crippen LogP contribution in [0.4, 0.5) is 10.1 Å². The average molecular weight is 469 g/mol. The maximum Gasteiger partial charge on any atom is 0.255 e. The molecule has 2 amide bonds. The van der Waals surface area contributed by atoms with Gasteiger partial charge in [-0.05, 0) is 23.3 Å². The Hall–Kier alpha value is -3.30. The van der Waals surface area contributed by atoms with Crippen molar-refractivity contribution in [2.24, 2.45) is 0 Å². The van der Waals surface area contributed by atoms with Crippen LogP contribution < -0.4 is 10.6 Å². The second-order valence-electron chi connectivity index (χ2n) is 8.50. The van der Waals surface area contributed by atoms with Gasteiger partial charge < -0.3 is 25.1 Å². The molecule has 1 atom stereocenters. The summed E-state index contributed by atoms with van der Waals surface area (Å²) in [7, 11) is 1.45. The summed E-state index contributed by atoms with van der Waals surface area (Å²) in [5.74, 6) is -1.43. The van der Waals surface area contributed by atoms with Gasteiger partial charge in [0.05, 0.1) is 13.2 Å². The van der Waals surface area contributed by atoms with E-state index < -0.39 is 23.7 Å². The van der Waals surface area contributed by atoms with E-state index in [-0.39, 0.29) is 18.5 Å². The van der Waals surface area contributed by atoms with Crippen molar-refractivity contribution in [3.63, 3.8) is 0 Å². The molecular formula is C25H29FN4O4. The molecule has 2 aromatic rings. The molecule has 2 aliphatic heterocycles. The van der Waals surface area contributed by atoms with Gasteiger partial charge in [-0.1, -0.05) is 24.3 Å². The summed E-state index contributed by atoms with van der Waals surface area (Å²) in [6.45, 7) is 4.84. The molecule has 1 unspecified atom stereocenters. The highest BCUT2D eigenvalue weighted by molar-refractivity contribution is 6.03. The minimum atomic E-state index is -0.933. The predicted molar refractivity (Wildman–Crippen MR) is 125 cm³/mol. The molecule has 2 heterocycles. The molecule has 180 valence electrons. The van der Waals surface area contributed by atoms with Gasteiger partial charge in [0, 0.05) is 63.0 Å². The lowest BCUT2D eigenvalue weighted by Gasteiger charge is -2.26. The number of aldehydes is 1. The molecule has 0 bridgehead atoms. The Morgan fingerprint density at radius 1 is 1.18 bits per heavy atom. The van der Waals surface area contributed by atoms with Crippen LogP contribution in [0.3, 0.4) is 0 Å². The van der Waals surface area contributed by atoms with Crippen LogP contribution in [0, 0.1) is 5.82 Å². The first-order valence-electron chi connectivity index (χ1n) is 11.4. The number of halogens is 1. The van der Waals surface area contributed by atoms with Gasteiger partial charge in [-0.2, -0.15) is 0 Å². The fraction of sp³-hybridized carbons (Fsp3) is 0.400. The second-order valence-corrected chi connectivity index (χ2v) is 8.50. The molecule has 4 rings (SSSR count). The molecular weight excluding hydrogens is 439 g/mol. The summed E-state index contributed by atoms with van der Waals surface area (Å²) >= 11 is 0. The number of hydrogen-bond acceptors (Lipinski definition) is 6. The van der Waals surface area contributed by atoms with E-state index in [9.17, 15) is 18.8 Å². The molecule has 0 saturated carbocycles. The number of benzene rings is 2. The minimum Gasteiger partial charge on any atom is -0.381 e. The molecule has 2 aromatic carbocycles. The first kappa shape index (κ1) is 23.8. The van der Waals surface area contributed by atoms with Gasteiger partial charge >= 0.3 is 0 Å². The van der Waals surface area contributed by atoms with Crippen molar-refractivity contribution in [1.82, 2.24) is 15.1 Å². The molecule has 0 radical (unpaired) electrons. The third-order valence-corrected chi connectivity index (χ3v) is 6.29. The largest absolute Gasteiger partial charge is 0.381 e. The lowest BCUT2D eigenvalue weighted by molar-refractivity contribution is -0.127. The molecule has 34 heavy (non-hydrogen) atoms. The summed E-state index contributed by atoms with van der Waals surface area (Å²) in [6, 6.07) is 9.85. The number of nitrogens with zero attached hydrogens (tertiary/aromatic N) is 2. The summed E-state index contributed by atoms with van der Waals surface area (Å²) < 4.78 is 19.7. The third kappa shape index (κ3) is 5.26. The summed E-state index contributed by atoms with van der Waals surface area (Å²) in [5, 5.41) is 5.73. The molecule has 1 saturated heterocycles. The van der Waals surface area contributed by atoms with Crippen LogP contribution in [0.25, 0.3) is 0 Å². The number of ether oxygens (including phenoxy) is 1. The third-order valence-electron chi connectivity index (χ3n) is 6.29. The number of carbonyl (C=O) groups is 3. The molecule has 9 heteroatoms. The van der Waals surface area contributed by atoms with Gasteiger partial charge in [-0.25, -0.2) is 4.39 Å². The van der Waals surface area contributed by atoms with Crippen LogP contribution in [-0.4, -0.2) is 67.3 Å². The molecule has 2 N–H and O–H groups in total. The van der Waals surface area contributed by atoms with Crippen LogP contribution >= 0.6 is 0 Å². The highest BCUT2D eigenvalue weighted by Crippen LogP contribution is 2.32. The number of morpholine rings is 1. The van der Waals surface area contributed by atoms with E-state index in [1.807, 2.05) is 12.1 Å². The van der Waals surface area contributed by atoms with Gasteiger partial charge in [-0.3, -0.25) is 14.5 Å². The van der Waals surface area contributed by atoms with E-state index in [0.717, 1.165) is 38.4 Å². The van der Waals surface area contributed by atoms with Crippen molar-refractivity contribution in [3.05, 3.63) is 64.5 Å². The monoisotopic (exact) mass is 468 g/mol. The molecule has 0 spiro atoms. The average Bonchev–Trinajstić information content (AvgIpc) is 3.18. The van der Waals surface area contributed by atoms with E-state index in [2.05, 4.69) is 27.7 Å². The Kier molecular flexibility index (Phi) is 7.54. The number of anilines is 1. The lowest BCUT2D eigenvalue weighted by Crippen LogP contribution is -2.46. The van der Waals surface area contributed by atoms with Crippen molar-refractivity contribution in [1.29, 1.82) is 0 Å². The Morgan fingerprint density at radius 2 is 1.88 bits per heavy atom. The molecule has 8 nitrogen and oxygen atoms in total. The molecule has 1 fully saturated rings. The van der Waals surface area contributed by atoms with Gasteiger partial charge in [0.1, 0.15) is 18.1 Å². The number of carbonyl (C=O) groups excluding carboxylic acids is 3. The van der Waals surface area contributed by atoms with Crippen LogP contribution in [-0.2, 0) is 34.0 Å². The van der Waals surface area contributed by atoms with Crippen molar-refractivity contribution < 1.29 is 23.5 Å². The number of amides is 2. The Bertz CT molecular complexity index is 1050. The fourth-order valence-corrected chi connectivity index (χ4v) is 4.42. The molecule has 2 aliphatic rings. The number of hydrogen-bond donors (Lipinski definition) is 2. The minimum absolute atomic E-state index is 0.124. The lowest BCUT2D eigenvalue weighted by atomic mass is 10.1. The van der Waals surface area contributed by atoms with E-state index in [1.54, 1.807) is 0 Å². The standard InChI is InChI=1S/C25H29FN4O4/c1-27-24(32)23(6-9-31)30-16-21-20(25(30)33)12-19(26)13-22(21)28-14-17-2-4-18(5-3-17)15-29-7-10-34-11-8-29/h2-5,9,12-13,23,28H,6-8,10-11,14-16H2,1H3,(H,27,32). The number of rotatable bonds is 9. The Labute approximate surface area is 198 Å². The highest BCUT2D eigenvalue weighted by Gasteiger charge is 2.37. The quantitative estimate of drug-likeness (QED) is 0.547. The number of likely N-dealkylation sites (N-methyl/N-ethyl adjacent to an activating group) is 1. The van der Waals surface area contributed by atoms with E-state index >= 15 is 0 Å². The van der Waals surface area contributed by atoms with Crippen LogP contribution in [0.2, 0.25) is 0 Å². The summed E-state index contributed by atoms with van der Waals surface area (Å²) in [4.78, 5) is 39.9. The number of fused-ring (bicyclic) bond motifs is 1. The van der Waals surface area contributed by atoms with E-state index in [0.29, 0.717) is 24.1 Å². The van der Waals surface area contributed by atoms with Crippen LogP contribution in [0.5, 0.6) is 0 Å². The zero-order chi connectivity index (χ0) is 24.1. The summed E-state index contributed by atoms with van der Waals surface area (Å²) in [5.41, 5.74) is 3.58. The maximum atomic E-state index is 14.3. The zero-order valence-corrected chi connectivity index (χ0v) is 19.2. The van der Waals surface area contributed by atoms with Crippen molar-refractivity contribution in [3.8, 4) is 0 Å². The Morgan fingerprint density at radius 3 is 2.56 bits per heavy atom. The van der Waals surface area contributed by atoms with Crippen molar-refractivity contribution in [2.75, 3.05) is 38.7 Å².